The fourth-order valence-electron chi connectivity index (χ4n) is 4.72. The number of carbonyl (C=O) groups is 2. The number of ether oxygens (including phenoxy) is 2. The Morgan fingerprint density at radius 3 is 2.58 bits per heavy atom. The molecule has 0 spiro atoms. The summed E-state index contributed by atoms with van der Waals surface area (Å²) in [6.07, 6.45) is 1.60. The van der Waals surface area contributed by atoms with Crippen molar-refractivity contribution in [1.29, 1.82) is 0 Å². The Balaban J connectivity index is 0.00000241. The molecular weight excluding hydrogens is 420 g/mol. The molecule has 2 aliphatic heterocycles. The maximum Gasteiger partial charge on any atom is 0.270 e. The van der Waals surface area contributed by atoms with E-state index < -0.39 is 5.41 Å². The van der Waals surface area contributed by atoms with E-state index in [1.807, 2.05) is 47.4 Å². The van der Waals surface area contributed by atoms with Gasteiger partial charge in [0.2, 0.25) is 12.7 Å². The number of nitrogens with one attached hydrogen (secondary N) is 2. The molecule has 0 radical (unpaired) electrons. The summed E-state index contributed by atoms with van der Waals surface area (Å²) in [7, 11) is 2.07. The second-order valence-corrected chi connectivity index (χ2v) is 9.18. The number of benzene rings is 2. The highest BCUT2D eigenvalue weighted by Crippen LogP contribution is 2.51. The van der Waals surface area contributed by atoms with Gasteiger partial charge in [0.1, 0.15) is 5.69 Å². The van der Waals surface area contributed by atoms with Crippen LogP contribution in [0.5, 0.6) is 11.5 Å². The van der Waals surface area contributed by atoms with Gasteiger partial charge in [-0.2, -0.15) is 0 Å². The van der Waals surface area contributed by atoms with Gasteiger partial charge in [0.05, 0.1) is 5.41 Å². The number of anilines is 1. The van der Waals surface area contributed by atoms with E-state index in [-0.39, 0.29) is 20.0 Å². The quantitative estimate of drug-likeness (QED) is 0.640. The topological polar surface area (TPSA) is 86.9 Å². The van der Waals surface area contributed by atoms with Crippen LogP contribution in [-0.2, 0) is 10.2 Å². The van der Waals surface area contributed by atoms with Gasteiger partial charge in [-0.3, -0.25) is 9.59 Å². The zero-order valence-corrected chi connectivity index (χ0v) is 18.5. The Morgan fingerprint density at radius 1 is 1.00 bits per heavy atom. The van der Waals surface area contributed by atoms with E-state index >= 15 is 0 Å². The lowest BCUT2D eigenvalue weighted by Gasteiger charge is -2.32. The van der Waals surface area contributed by atoms with Gasteiger partial charge in [-0.25, -0.2) is 0 Å². The minimum Gasteiger partial charge on any atom is -0.454 e. The van der Waals surface area contributed by atoms with Crippen LogP contribution < -0.4 is 14.8 Å². The molecule has 2 aromatic carbocycles. The number of aromatic amines is 1. The first-order valence-corrected chi connectivity index (χ1v) is 11.3. The summed E-state index contributed by atoms with van der Waals surface area (Å²) in [5.41, 5.74) is 2.60. The molecule has 8 nitrogen and oxygen atoms in total. The summed E-state index contributed by atoms with van der Waals surface area (Å²) in [5, 5.41) is 3.99. The van der Waals surface area contributed by atoms with Crippen molar-refractivity contribution in [3.8, 4) is 11.5 Å². The van der Waals surface area contributed by atoms with Gasteiger partial charge in [0, 0.05) is 44.2 Å². The molecule has 2 fully saturated rings. The van der Waals surface area contributed by atoms with Gasteiger partial charge in [0.15, 0.2) is 11.5 Å². The predicted octanol–water partition coefficient (Wildman–Crippen LogP) is 3.20. The van der Waals surface area contributed by atoms with Crippen LogP contribution in [0.1, 0.15) is 30.3 Å². The first kappa shape index (κ1) is 20.1. The molecule has 172 valence electrons. The highest BCUT2D eigenvalue weighted by Gasteiger charge is 2.51. The Bertz CT molecular complexity index is 1260. The van der Waals surface area contributed by atoms with Gasteiger partial charge >= 0.3 is 0 Å². The number of likely N-dealkylation sites (N-methyl/N-ethyl adjacent to an activating group) is 1. The number of amides is 2. The second-order valence-electron chi connectivity index (χ2n) is 9.18. The molecule has 6 rings (SSSR count). The molecule has 1 aliphatic carbocycles. The van der Waals surface area contributed by atoms with E-state index in [4.69, 9.17) is 9.47 Å². The molecule has 2 N–H and O–H groups in total. The van der Waals surface area contributed by atoms with Gasteiger partial charge in [0.25, 0.3) is 5.91 Å². The summed E-state index contributed by atoms with van der Waals surface area (Å²) >= 11 is 0. The van der Waals surface area contributed by atoms with Crippen LogP contribution in [0.25, 0.3) is 10.9 Å². The van der Waals surface area contributed by atoms with Crippen molar-refractivity contribution in [3.05, 3.63) is 53.7 Å². The first-order valence-electron chi connectivity index (χ1n) is 11.3. The molecule has 1 saturated carbocycles. The number of hydrogen-bond donors (Lipinski definition) is 2. The highest BCUT2D eigenvalue weighted by molar-refractivity contribution is 6.03. The van der Waals surface area contributed by atoms with Crippen molar-refractivity contribution in [2.24, 2.45) is 0 Å². The van der Waals surface area contributed by atoms with Gasteiger partial charge in [-0.1, -0.05) is 6.07 Å². The Hall–Kier alpha value is -3.52. The maximum absolute atomic E-state index is 13.2. The van der Waals surface area contributed by atoms with Gasteiger partial charge in [-0.15, -0.1) is 0 Å². The summed E-state index contributed by atoms with van der Waals surface area (Å²) in [4.78, 5) is 33.5. The van der Waals surface area contributed by atoms with Gasteiger partial charge in [-0.05, 0) is 61.9 Å². The van der Waals surface area contributed by atoms with Crippen LogP contribution in [0.4, 0.5) is 5.69 Å². The smallest absolute Gasteiger partial charge is 0.270 e. The minimum absolute atomic E-state index is 0. The molecule has 0 unspecified atom stereocenters. The standard InChI is InChI=1S/C25H26N4O4.H2/c1-28-8-10-29(11-9-28)23(30)20-13-16-12-18(3-4-19(16)27-20)26-24(31)25(6-7-25)17-2-5-21-22(14-17)33-15-32-21;/h2-5,12-14,27H,6-11,15H2,1H3,(H,26,31);1H. The lowest BCUT2D eigenvalue weighted by atomic mass is 9.94. The average Bonchev–Trinajstić information content (AvgIpc) is 3.32. The third-order valence-corrected chi connectivity index (χ3v) is 7.01. The van der Waals surface area contributed by atoms with E-state index in [9.17, 15) is 9.59 Å². The summed E-state index contributed by atoms with van der Waals surface area (Å²) in [6, 6.07) is 13.3. The van der Waals surface area contributed by atoms with E-state index in [1.54, 1.807) is 0 Å². The van der Waals surface area contributed by atoms with Crippen molar-refractivity contribution in [2.45, 2.75) is 18.3 Å². The third kappa shape index (κ3) is 3.51. The van der Waals surface area contributed by atoms with Crippen LogP contribution in [0.3, 0.4) is 0 Å². The van der Waals surface area contributed by atoms with Crippen LogP contribution >= 0.6 is 0 Å². The number of nitrogens with zero attached hydrogens (tertiary/aromatic N) is 2. The van der Waals surface area contributed by atoms with E-state index in [1.165, 1.54) is 0 Å². The second kappa shape index (κ2) is 7.52. The van der Waals surface area contributed by atoms with E-state index in [0.717, 1.165) is 66.9 Å². The lowest BCUT2D eigenvalue weighted by Crippen LogP contribution is -2.47. The molecule has 3 heterocycles. The van der Waals surface area contributed by atoms with Crippen molar-refractivity contribution in [1.82, 2.24) is 14.8 Å². The monoisotopic (exact) mass is 448 g/mol. The van der Waals surface area contributed by atoms with Crippen molar-refractivity contribution < 1.29 is 20.5 Å². The number of rotatable bonds is 4. The Labute approximate surface area is 192 Å². The molecule has 33 heavy (non-hydrogen) atoms. The third-order valence-electron chi connectivity index (χ3n) is 7.01. The number of piperazine rings is 1. The number of hydrogen-bond acceptors (Lipinski definition) is 5. The average molecular weight is 449 g/mol. The molecule has 0 atom stereocenters. The Kier molecular flexibility index (Phi) is 4.58. The SMILES string of the molecule is CN1CCN(C(=O)c2cc3cc(NC(=O)C4(c5ccc6c(c5)OCO6)CC4)ccc3[nH]2)CC1.[HH]. The minimum atomic E-state index is -0.531. The van der Waals surface area contributed by atoms with Crippen molar-refractivity contribution in [3.63, 3.8) is 0 Å². The summed E-state index contributed by atoms with van der Waals surface area (Å²) < 4.78 is 10.9. The molecule has 2 amide bonds. The maximum atomic E-state index is 13.2. The molecule has 1 saturated heterocycles. The normalized spacial score (nSPS) is 19.0. The zero-order valence-electron chi connectivity index (χ0n) is 18.5. The number of aromatic nitrogens is 1. The van der Waals surface area contributed by atoms with Crippen LogP contribution in [0.15, 0.2) is 42.5 Å². The van der Waals surface area contributed by atoms with Gasteiger partial charge < -0.3 is 29.6 Å². The van der Waals surface area contributed by atoms with Crippen LogP contribution in [0.2, 0.25) is 0 Å². The molecular formula is C25H28N4O4. The van der Waals surface area contributed by atoms with E-state index in [0.29, 0.717) is 11.4 Å². The number of H-pyrrole nitrogens is 1. The fraction of sp³-hybridized carbons (Fsp3) is 0.360. The first-order chi connectivity index (χ1) is 16.0. The molecule has 3 aromatic rings. The largest absolute Gasteiger partial charge is 0.454 e. The highest BCUT2D eigenvalue weighted by atomic mass is 16.7. The summed E-state index contributed by atoms with van der Waals surface area (Å²) in [5.74, 6) is 1.40. The molecule has 0 bridgehead atoms. The molecule has 3 aliphatic rings. The molecule has 1 aromatic heterocycles. The summed E-state index contributed by atoms with van der Waals surface area (Å²) in [6.45, 7) is 3.44. The van der Waals surface area contributed by atoms with Crippen LogP contribution in [0, 0.1) is 0 Å². The van der Waals surface area contributed by atoms with E-state index in [2.05, 4.69) is 22.2 Å². The van der Waals surface area contributed by atoms with Crippen molar-refractivity contribution in [2.75, 3.05) is 45.3 Å². The lowest BCUT2D eigenvalue weighted by molar-refractivity contribution is -0.118. The fourth-order valence-corrected chi connectivity index (χ4v) is 4.72. The van der Waals surface area contributed by atoms with Crippen molar-refractivity contribution >= 4 is 28.4 Å². The Morgan fingerprint density at radius 2 is 1.79 bits per heavy atom. The zero-order chi connectivity index (χ0) is 22.6. The molecule has 8 heteroatoms. The predicted molar refractivity (Wildman–Crippen MR) is 126 cm³/mol. The van der Waals surface area contributed by atoms with Crippen LogP contribution in [-0.4, -0.2) is 66.6 Å². The number of carbonyl (C=O) groups excluding carboxylic acids is 2. The number of fused-ring (bicyclic) bond motifs is 2.